The zero-order valence-electron chi connectivity index (χ0n) is 29.9. The molecule has 0 heterocycles. The number of hydroxylamine groups is 1. The van der Waals surface area contributed by atoms with Gasteiger partial charge < -0.3 is 42.6 Å². The fraction of sp³-hybridized carbons (Fsp3) is 0.676. The summed E-state index contributed by atoms with van der Waals surface area (Å²) in [6, 6.07) is -3.44. The zero-order valence-corrected chi connectivity index (χ0v) is 29.9. The Kier molecular flexibility index (Phi) is 21.9. The van der Waals surface area contributed by atoms with E-state index in [2.05, 4.69) is 38.5 Å². The van der Waals surface area contributed by atoms with Gasteiger partial charge in [0.2, 0.25) is 23.6 Å². The number of carbonyl (C=O) groups is 5. The SMILES string of the molecule is C=C/C=C(\C=C/[NH2+][O-])C(=O)N[C@H](C(=O)N[C@H](CCC)C(=O)N[C@H](CN[C@@H](C)C(=O)N[C@H](C(=O)NCC)C(C)C)CC(C)C)[C@@H](C)CC. The number of likely N-dealkylation sites (N-methyl/N-ethyl adjacent to an activating group) is 1. The highest BCUT2D eigenvalue weighted by Crippen LogP contribution is 2.12. The average Bonchev–Trinajstić information content (AvgIpc) is 3.01. The number of hydrogen-bond acceptors (Lipinski definition) is 7. The monoisotopic (exact) mass is 663 g/mol. The molecule has 0 fully saturated rings. The normalized spacial score (nSPS) is 15.7. The van der Waals surface area contributed by atoms with Crippen molar-refractivity contribution in [3.05, 3.63) is 41.8 Å². The van der Waals surface area contributed by atoms with Gasteiger partial charge in [-0.25, -0.2) is 0 Å². The molecule has 8 N–H and O–H groups in total. The maximum Gasteiger partial charge on any atom is 0.252 e. The number of nitrogens with one attached hydrogen (secondary N) is 6. The molecule has 5 amide bonds. The molecule has 0 aromatic rings. The molecule has 0 saturated heterocycles. The van der Waals surface area contributed by atoms with Gasteiger partial charge in [-0.15, -0.1) is 0 Å². The first-order valence-corrected chi connectivity index (χ1v) is 16.8. The molecule has 0 bridgehead atoms. The van der Waals surface area contributed by atoms with Crippen LogP contribution >= 0.6 is 0 Å². The second-order valence-electron chi connectivity index (χ2n) is 12.6. The van der Waals surface area contributed by atoms with Crippen molar-refractivity contribution in [3.63, 3.8) is 0 Å². The van der Waals surface area contributed by atoms with Gasteiger partial charge in [-0.2, -0.15) is 0 Å². The first-order chi connectivity index (χ1) is 22.2. The van der Waals surface area contributed by atoms with Crippen molar-refractivity contribution >= 4 is 29.5 Å². The van der Waals surface area contributed by atoms with E-state index in [9.17, 15) is 29.2 Å². The summed E-state index contributed by atoms with van der Waals surface area (Å²) in [5.41, 5.74) is 0.706. The fourth-order valence-electron chi connectivity index (χ4n) is 4.80. The van der Waals surface area contributed by atoms with Crippen LogP contribution in [-0.2, 0) is 24.0 Å². The van der Waals surface area contributed by atoms with Gasteiger partial charge in [-0.05, 0) is 50.5 Å². The van der Waals surface area contributed by atoms with Crippen LogP contribution in [0.25, 0.3) is 0 Å². The van der Waals surface area contributed by atoms with Crippen LogP contribution in [0.1, 0.15) is 88.0 Å². The van der Waals surface area contributed by atoms with Crippen molar-refractivity contribution in [1.29, 1.82) is 0 Å². The Labute approximate surface area is 281 Å². The first-order valence-electron chi connectivity index (χ1n) is 16.8. The maximum absolute atomic E-state index is 13.6. The standard InChI is InChI=1S/C34H61N7O6/c1-11-15-25(17-18-37-47)31(43)41-29(23(9)13-3)34(46)39-27(16-12-2)32(44)38-26(19-21(5)6)20-36-24(10)30(42)40-28(22(7)8)33(45)35-14-4/h11,15,17-18,21-24,26-29,36H,1,12-14,16,19-20,37H2,2-10H3,(H,35,45)(H,38,44)(H,39,46)(H,40,42)(H,41,43)/b18-17-,25-15+/t23-,24-,26-,27+,28-,29-/m0/s1. The highest BCUT2D eigenvalue weighted by atomic mass is 16.5. The van der Waals surface area contributed by atoms with Crippen molar-refractivity contribution in [2.45, 2.75) is 118 Å². The van der Waals surface area contributed by atoms with Crippen molar-refractivity contribution in [3.8, 4) is 0 Å². The minimum atomic E-state index is -0.931. The lowest BCUT2D eigenvalue weighted by atomic mass is 9.97. The van der Waals surface area contributed by atoms with Gasteiger partial charge >= 0.3 is 0 Å². The lowest BCUT2D eigenvalue weighted by Gasteiger charge is -2.29. The van der Waals surface area contributed by atoms with Crippen molar-refractivity contribution in [2.75, 3.05) is 13.1 Å². The number of rotatable bonds is 23. The molecular weight excluding hydrogens is 602 g/mol. The predicted octanol–water partition coefficient (Wildman–Crippen LogP) is 1.28. The van der Waals surface area contributed by atoms with Crippen LogP contribution in [0.5, 0.6) is 0 Å². The van der Waals surface area contributed by atoms with Crippen LogP contribution in [0.4, 0.5) is 0 Å². The smallest absolute Gasteiger partial charge is 0.252 e. The molecule has 0 radical (unpaired) electrons. The van der Waals surface area contributed by atoms with Gasteiger partial charge in [-0.3, -0.25) is 24.0 Å². The number of amides is 5. The molecule has 47 heavy (non-hydrogen) atoms. The summed E-state index contributed by atoms with van der Waals surface area (Å²) in [6.07, 6.45) is 7.56. The highest BCUT2D eigenvalue weighted by molar-refractivity contribution is 6.00. The van der Waals surface area contributed by atoms with Crippen LogP contribution in [0.15, 0.2) is 36.6 Å². The third-order valence-corrected chi connectivity index (χ3v) is 7.67. The highest BCUT2D eigenvalue weighted by Gasteiger charge is 2.31. The van der Waals surface area contributed by atoms with E-state index < -0.39 is 36.0 Å². The number of carbonyl (C=O) groups excluding carboxylic acids is 5. The molecule has 0 saturated carbocycles. The summed E-state index contributed by atoms with van der Waals surface area (Å²) in [4.78, 5) is 65.5. The molecule has 13 nitrogen and oxygen atoms in total. The summed E-state index contributed by atoms with van der Waals surface area (Å²) in [5.74, 6) is -2.10. The maximum atomic E-state index is 13.6. The topological polar surface area (TPSA) is 197 Å². The fourth-order valence-corrected chi connectivity index (χ4v) is 4.80. The summed E-state index contributed by atoms with van der Waals surface area (Å²) in [7, 11) is 0. The molecule has 0 aliphatic rings. The third-order valence-electron chi connectivity index (χ3n) is 7.67. The largest absolute Gasteiger partial charge is 0.631 e. The van der Waals surface area contributed by atoms with E-state index in [4.69, 9.17) is 0 Å². The summed E-state index contributed by atoms with van der Waals surface area (Å²) in [5, 5.41) is 28.2. The molecule has 0 aromatic carbocycles. The van der Waals surface area contributed by atoms with Gasteiger partial charge in [0.1, 0.15) is 18.1 Å². The second kappa shape index (κ2) is 23.7. The van der Waals surface area contributed by atoms with E-state index in [1.807, 2.05) is 55.4 Å². The molecule has 13 heteroatoms. The molecule has 0 spiro atoms. The van der Waals surface area contributed by atoms with E-state index in [1.54, 1.807) is 6.92 Å². The molecule has 268 valence electrons. The number of nitrogens with two attached hydrogens (primary N) is 1. The summed E-state index contributed by atoms with van der Waals surface area (Å²) < 4.78 is 0. The van der Waals surface area contributed by atoms with Gasteiger partial charge in [0, 0.05) is 30.8 Å². The lowest BCUT2D eigenvalue weighted by molar-refractivity contribution is -0.514. The molecule has 0 rings (SSSR count). The number of quaternary nitrogens is 1. The van der Waals surface area contributed by atoms with E-state index in [0.717, 1.165) is 0 Å². The van der Waals surface area contributed by atoms with E-state index in [0.29, 0.717) is 37.7 Å². The first kappa shape index (κ1) is 43.5. The summed E-state index contributed by atoms with van der Waals surface area (Å²) >= 11 is 0. The Morgan fingerprint density at radius 2 is 1.49 bits per heavy atom. The minimum absolute atomic E-state index is 0.102. The molecule has 0 aliphatic heterocycles. The molecular formula is C34H61N7O6. The van der Waals surface area contributed by atoms with Gasteiger partial charge in [0.15, 0.2) is 0 Å². The Morgan fingerprint density at radius 3 is 2.00 bits per heavy atom. The van der Waals surface area contributed by atoms with Crippen molar-refractivity contribution in [2.24, 2.45) is 17.8 Å². The summed E-state index contributed by atoms with van der Waals surface area (Å²) in [6.45, 7) is 21.3. The van der Waals surface area contributed by atoms with Gasteiger partial charge in [0.05, 0.1) is 12.2 Å². The zero-order chi connectivity index (χ0) is 36.1. The Balaban J connectivity index is 5.74. The molecule has 0 aliphatic carbocycles. The third kappa shape index (κ3) is 16.7. The van der Waals surface area contributed by atoms with E-state index in [-0.39, 0.29) is 53.6 Å². The van der Waals surface area contributed by atoms with Gasteiger partial charge in [0.25, 0.3) is 5.91 Å². The van der Waals surface area contributed by atoms with Crippen LogP contribution in [0.2, 0.25) is 0 Å². The van der Waals surface area contributed by atoms with Crippen molar-refractivity contribution < 1.29 is 29.5 Å². The Hall–Kier alpha value is -3.55. The Morgan fingerprint density at radius 1 is 0.830 bits per heavy atom. The van der Waals surface area contributed by atoms with Crippen LogP contribution in [0, 0.1) is 23.0 Å². The predicted molar refractivity (Wildman–Crippen MR) is 185 cm³/mol. The Bertz CT molecular complexity index is 1080. The van der Waals surface area contributed by atoms with Crippen LogP contribution in [-0.4, -0.2) is 72.8 Å². The van der Waals surface area contributed by atoms with Crippen molar-refractivity contribution in [1.82, 2.24) is 31.9 Å². The second-order valence-corrected chi connectivity index (χ2v) is 12.6. The van der Waals surface area contributed by atoms with Crippen LogP contribution < -0.4 is 37.4 Å². The molecule has 6 atom stereocenters. The lowest BCUT2D eigenvalue weighted by Crippen LogP contribution is -2.70. The van der Waals surface area contributed by atoms with Crippen LogP contribution in [0.3, 0.4) is 0 Å². The average molecular weight is 664 g/mol. The van der Waals surface area contributed by atoms with E-state index in [1.165, 1.54) is 24.4 Å². The number of allylic oxidation sites excluding steroid dienone is 2. The van der Waals surface area contributed by atoms with E-state index >= 15 is 0 Å². The van der Waals surface area contributed by atoms with Gasteiger partial charge in [-0.1, -0.05) is 74.0 Å². The number of hydrogen-bond donors (Lipinski definition) is 7. The molecule has 0 aromatic heterocycles. The quantitative estimate of drug-likeness (QED) is 0.0485. The minimum Gasteiger partial charge on any atom is -0.631 e. The molecule has 0 unspecified atom stereocenters.